The highest BCUT2D eigenvalue weighted by Crippen LogP contribution is 2.08. The number of aryl methyl sites for hydroxylation is 1. The van der Waals surface area contributed by atoms with E-state index >= 15 is 0 Å². The summed E-state index contributed by atoms with van der Waals surface area (Å²) in [7, 11) is 0. The molecule has 7 heteroatoms. The summed E-state index contributed by atoms with van der Waals surface area (Å²) in [6.07, 6.45) is 1.35. The Morgan fingerprint density at radius 2 is 2.23 bits per heavy atom. The maximum Gasteiger partial charge on any atom is 0.270 e. The van der Waals surface area contributed by atoms with Crippen LogP contribution in [-0.4, -0.2) is 15.9 Å². The monoisotopic (exact) mass is 182 g/mol. The number of anilines is 1. The third-order valence-corrected chi connectivity index (χ3v) is 1.42. The van der Waals surface area contributed by atoms with Crippen molar-refractivity contribution in [3.63, 3.8) is 0 Å². The van der Waals surface area contributed by atoms with Gasteiger partial charge in [0.15, 0.2) is 5.82 Å². The lowest BCUT2D eigenvalue weighted by atomic mass is 10.3. The molecule has 1 aromatic heterocycles. The minimum Gasteiger partial charge on any atom is -0.308 e. The summed E-state index contributed by atoms with van der Waals surface area (Å²) >= 11 is 0. The van der Waals surface area contributed by atoms with Gasteiger partial charge < -0.3 is 5.43 Å². The second-order valence-electron chi connectivity index (χ2n) is 2.30. The number of nitrogen functional groups attached to an aromatic ring is 2. The first-order valence-electron chi connectivity index (χ1n) is 3.50. The van der Waals surface area contributed by atoms with Crippen molar-refractivity contribution in [3.8, 4) is 0 Å². The number of nitrogens with two attached hydrogens (primary N) is 2. The number of carbonyl (C=O) groups is 1. The Hall–Kier alpha value is -1.73. The van der Waals surface area contributed by atoms with E-state index in [4.69, 9.17) is 11.7 Å². The highest BCUT2D eigenvalue weighted by molar-refractivity contribution is 5.97. The zero-order valence-electron chi connectivity index (χ0n) is 7.03. The minimum atomic E-state index is -0.493. The lowest BCUT2D eigenvalue weighted by Crippen LogP contribution is -2.31. The second-order valence-corrected chi connectivity index (χ2v) is 2.30. The third kappa shape index (κ3) is 1.89. The number of rotatable bonds is 2. The van der Waals surface area contributed by atoms with Crippen LogP contribution in [0.3, 0.4) is 0 Å². The zero-order chi connectivity index (χ0) is 9.84. The van der Waals surface area contributed by atoms with Crippen LogP contribution in [0.25, 0.3) is 0 Å². The van der Waals surface area contributed by atoms with Gasteiger partial charge in [-0.15, -0.1) is 0 Å². The number of carbonyl (C=O) groups excluding carboxylic acids is 1. The summed E-state index contributed by atoms with van der Waals surface area (Å²) in [6, 6.07) is 0. The highest BCUT2D eigenvalue weighted by atomic mass is 16.2. The van der Waals surface area contributed by atoms with E-state index in [1.54, 1.807) is 6.92 Å². The van der Waals surface area contributed by atoms with E-state index in [9.17, 15) is 4.79 Å². The summed E-state index contributed by atoms with van der Waals surface area (Å²) in [5, 5.41) is 0. The standard InChI is InChI=1S/C6H10N6O/c1-3-9-2-4(6(13)12-8)5(10-3)11-7/h2H,7-8H2,1H3,(H,12,13)(H,9,10,11). The van der Waals surface area contributed by atoms with Crippen LogP contribution < -0.4 is 22.5 Å². The molecule has 13 heavy (non-hydrogen) atoms. The van der Waals surface area contributed by atoms with Crippen LogP contribution in [0.1, 0.15) is 16.2 Å². The zero-order valence-corrected chi connectivity index (χ0v) is 7.03. The van der Waals surface area contributed by atoms with Crippen molar-refractivity contribution >= 4 is 11.7 Å². The van der Waals surface area contributed by atoms with E-state index in [2.05, 4.69) is 15.4 Å². The number of amides is 1. The predicted molar refractivity (Wildman–Crippen MR) is 46.2 cm³/mol. The van der Waals surface area contributed by atoms with E-state index in [0.717, 1.165) is 0 Å². The van der Waals surface area contributed by atoms with Crippen LogP contribution in [0, 0.1) is 6.92 Å². The number of hydrogen-bond acceptors (Lipinski definition) is 6. The Morgan fingerprint density at radius 3 is 2.77 bits per heavy atom. The molecule has 0 bridgehead atoms. The van der Waals surface area contributed by atoms with Gasteiger partial charge in [0.2, 0.25) is 0 Å². The minimum absolute atomic E-state index is 0.204. The van der Waals surface area contributed by atoms with Crippen LogP contribution in [-0.2, 0) is 0 Å². The maximum atomic E-state index is 11.1. The van der Waals surface area contributed by atoms with Gasteiger partial charge in [-0.25, -0.2) is 21.7 Å². The van der Waals surface area contributed by atoms with Crippen LogP contribution in [0.5, 0.6) is 0 Å². The van der Waals surface area contributed by atoms with Crippen molar-refractivity contribution in [3.05, 3.63) is 17.6 Å². The van der Waals surface area contributed by atoms with E-state index < -0.39 is 5.91 Å². The van der Waals surface area contributed by atoms with Gasteiger partial charge >= 0.3 is 0 Å². The molecule has 0 fully saturated rings. The maximum absolute atomic E-state index is 11.1. The molecule has 1 aromatic rings. The molecule has 1 heterocycles. The van der Waals surface area contributed by atoms with Crippen LogP contribution in [0.4, 0.5) is 5.82 Å². The Labute approximate surface area is 74.5 Å². The molecule has 0 saturated heterocycles. The lowest BCUT2D eigenvalue weighted by molar-refractivity contribution is 0.0953. The van der Waals surface area contributed by atoms with Crippen molar-refractivity contribution in [2.75, 3.05) is 5.43 Å². The van der Waals surface area contributed by atoms with Gasteiger partial charge in [-0.1, -0.05) is 0 Å². The van der Waals surface area contributed by atoms with Crippen molar-refractivity contribution in [2.45, 2.75) is 6.92 Å². The van der Waals surface area contributed by atoms with E-state index in [0.29, 0.717) is 5.82 Å². The second kappa shape index (κ2) is 3.78. The van der Waals surface area contributed by atoms with Crippen LogP contribution in [0.15, 0.2) is 6.20 Å². The Balaban J connectivity index is 3.13. The summed E-state index contributed by atoms with van der Waals surface area (Å²) in [4.78, 5) is 18.8. The Bertz CT molecular complexity index is 325. The molecule has 0 spiro atoms. The SMILES string of the molecule is Cc1ncc(C(=O)NN)c(NN)n1. The molecule has 0 aliphatic heterocycles. The first kappa shape index (κ1) is 9.36. The smallest absolute Gasteiger partial charge is 0.270 e. The molecule has 7 nitrogen and oxygen atoms in total. The molecule has 1 amide bonds. The van der Waals surface area contributed by atoms with E-state index in [-0.39, 0.29) is 11.4 Å². The number of aromatic nitrogens is 2. The van der Waals surface area contributed by atoms with Gasteiger partial charge in [0.05, 0.1) is 0 Å². The van der Waals surface area contributed by atoms with E-state index in [1.165, 1.54) is 6.20 Å². The van der Waals surface area contributed by atoms with Crippen molar-refractivity contribution in [1.29, 1.82) is 0 Å². The van der Waals surface area contributed by atoms with Crippen molar-refractivity contribution in [2.24, 2.45) is 11.7 Å². The molecule has 0 atom stereocenters. The molecule has 0 unspecified atom stereocenters. The molecule has 0 aliphatic carbocycles. The fraction of sp³-hybridized carbons (Fsp3) is 0.167. The fourth-order valence-electron chi connectivity index (χ4n) is 0.824. The number of nitrogens with zero attached hydrogens (tertiary/aromatic N) is 2. The Morgan fingerprint density at radius 1 is 1.54 bits per heavy atom. The highest BCUT2D eigenvalue weighted by Gasteiger charge is 2.11. The van der Waals surface area contributed by atoms with Gasteiger partial charge in [0.1, 0.15) is 11.4 Å². The third-order valence-electron chi connectivity index (χ3n) is 1.42. The summed E-state index contributed by atoms with van der Waals surface area (Å²) < 4.78 is 0. The average molecular weight is 182 g/mol. The number of hydrazine groups is 2. The predicted octanol–water partition coefficient (Wildman–Crippen LogP) is -1.33. The molecule has 70 valence electrons. The lowest BCUT2D eigenvalue weighted by Gasteiger charge is -2.05. The number of nitrogens with one attached hydrogen (secondary N) is 2. The molecule has 0 saturated carbocycles. The van der Waals surface area contributed by atoms with Gasteiger partial charge in [-0.2, -0.15) is 0 Å². The molecule has 0 aromatic carbocycles. The summed E-state index contributed by atoms with van der Waals surface area (Å²) in [5.41, 5.74) is 4.45. The fourth-order valence-corrected chi connectivity index (χ4v) is 0.824. The average Bonchev–Trinajstić information content (AvgIpc) is 2.16. The van der Waals surface area contributed by atoms with Gasteiger partial charge in [-0.05, 0) is 6.92 Å². The molecule has 1 rings (SSSR count). The molecular formula is C6H10N6O. The normalized spacial score (nSPS) is 9.46. The van der Waals surface area contributed by atoms with Crippen molar-refractivity contribution in [1.82, 2.24) is 15.4 Å². The van der Waals surface area contributed by atoms with Crippen molar-refractivity contribution < 1.29 is 4.79 Å². The summed E-state index contributed by atoms with van der Waals surface area (Å²) in [6.45, 7) is 1.69. The Kier molecular flexibility index (Phi) is 2.72. The van der Waals surface area contributed by atoms with Crippen LogP contribution in [0.2, 0.25) is 0 Å². The summed E-state index contributed by atoms with van der Waals surface area (Å²) in [5.74, 6) is 10.4. The topological polar surface area (TPSA) is 119 Å². The van der Waals surface area contributed by atoms with Gasteiger partial charge in [0.25, 0.3) is 5.91 Å². The number of hydrogen-bond donors (Lipinski definition) is 4. The molecule has 0 aliphatic rings. The first-order chi connectivity index (χ1) is 6.19. The quantitative estimate of drug-likeness (QED) is 0.256. The van der Waals surface area contributed by atoms with E-state index in [1.807, 2.05) is 5.43 Å². The van der Waals surface area contributed by atoms with Gasteiger partial charge in [-0.3, -0.25) is 10.2 Å². The van der Waals surface area contributed by atoms with Gasteiger partial charge in [0, 0.05) is 6.20 Å². The van der Waals surface area contributed by atoms with Crippen LogP contribution >= 0.6 is 0 Å². The first-order valence-corrected chi connectivity index (χ1v) is 3.50. The molecule has 6 N–H and O–H groups in total. The largest absolute Gasteiger partial charge is 0.308 e. The molecular weight excluding hydrogens is 172 g/mol. The molecule has 0 radical (unpaired) electrons.